The molecule has 5 nitrogen and oxygen atoms in total. The van der Waals surface area contributed by atoms with E-state index in [0.717, 1.165) is 23.2 Å². The van der Waals surface area contributed by atoms with Crippen LogP contribution in [0.15, 0.2) is 53.4 Å². The van der Waals surface area contributed by atoms with E-state index in [0.29, 0.717) is 12.2 Å². The van der Waals surface area contributed by atoms with Gasteiger partial charge in [0.1, 0.15) is 6.04 Å². The van der Waals surface area contributed by atoms with Gasteiger partial charge in [0.2, 0.25) is 15.9 Å². The minimum atomic E-state index is -3.77. The summed E-state index contributed by atoms with van der Waals surface area (Å²) in [5.41, 5.74) is 2.74. The van der Waals surface area contributed by atoms with Crippen LogP contribution in [0.25, 0.3) is 0 Å². The highest BCUT2D eigenvalue weighted by Gasteiger charge is 2.26. The fourth-order valence-electron chi connectivity index (χ4n) is 2.75. The van der Waals surface area contributed by atoms with Crippen LogP contribution in [-0.2, 0) is 21.2 Å². The Bertz CT molecular complexity index is 868. The first kappa shape index (κ1) is 21.5. The molecule has 0 spiro atoms. The molecule has 146 valence electrons. The van der Waals surface area contributed by atoms with Crippen molar-refractivity contribution in [3.8, 4) is 0 Å². The van der Waals surface area contributed by atoms with Gasteiger partial charge in [-0.05, 0) is 55.0 Å². The van der Waals surface area contributed by atoms with Crippen molar-refractivity contribution in [1.82, 2.24) is 4.72 Å². The van der Waals surface area contributed by atoms with Crippen LogP contribution in [0.5, 0.6) is 0 Å². The molecule has 0 aliphatic rings. The van der Waals surface area contributed by atoms with Crippen molar-refractivity contribution >= 4 is 33.4 Å². The Morgan fingerprint density at radius 3 is 2.44 bits per heavy atom. The molecule has 0 fully saturated rings. The second-order valence-electron chi connectivity index (χ2n) is 6.22. The number of amides is 1. The third-order valence-corrected chi connectivity index (χ3v) is 6.40. The highest BCUT2D eigenvalue weighted by Crippen LogP contribution is 2.22. The average Bonchev–Trinajstić information content (AvgIpc) is 2.67. The van der Waals surface area contributed by atoms with E-state index in [9.17, 15) is 13.2 Å². The van der Waals surface area contributed by atoms with Gasteiger partial charge in [-0.2, -0.15) is 16.5 Å². The van der Waals surface area contributed by atoms with Crippen molar-refractivity contribution in [3.63, 3.8) is 0 Å². The van der Waals surface area contributed by atoms with Crippen LogP contribution in [0.4, 0.5) is 5.69 Å². The van der Waals surface area contributed by atoms with E-state index in [1.165, 1.54) is 12.1 Å². The van der Waals surface area contributed by atoms with Crippen molar-refractivity contribution in [2.75, 3.05) is 17.3 Å². The summed E-state index contributed by atoms with van der Waals surface area (Å²) in [4.78, 5) is 13.1. The predicted molar refractivity (Wildman–Crippen MR) is 113 cm³/mol. The summed E-state index contributed by atoms with van der Waals surface area (Å²) >= 11 is 1.57. The van der Waals surface area contributed by atoms with E-state index in [4.69, 9.17) is 0 Å². The molecule has 2 aromatic rings. The average molecular weight is 407 g/mol. The monoisotopic (exact) mass is 406 g/mol. The van der Waals surface area contributed by atoms with E-state index in [1.807, 2.05) is 38.3 Å². The number of anilines is 1. The highest BCUT2D eigenvalue weighted by atomic mass is 32.2. The van der Waals surface area contributed by atoms with Gasteiger partial charge in [-0.3, -0.25) is 4.79 Å². The van der Waals surface area contributed by atoms with Crippen LogP contribution in [0, 0.1) is 6.92 Å². The maximum absolute atomic E-state index is 12.9. The van der Waals surface area contributed by atoms with Gasteiger partial charge >= 0.3 is 0 Å². The molecule has 0 unspecified atom stereocenters. The van der Waals surface area contributed by atoms with Crippen molar-refractivity contribution < 1.29 is 13.2 Å². The van der Waals surface area contributed by atoms with Gasteiger partial charge in [0, 0.05) is 5.69 Å². The second-order valence-corrected chi connectivity index (χ2v) is 8.92. The molecule has 2 N–H and O–H groups in total. The largest absolute Gasteiger partial charge is 0.324 e. The van der Waals surface area contributed by atoms with E-state index in [-0.39, 0.29) is 10.8 Å². The summed E-state index contributed by atoms with van der Waals surface area (Å²) in [6.45, 7) is 3.95. The van der Waals surface area contributed by atoms with Crippen LogP contribution >= 0.6 is 11.8 Å². The summed E-state index contributed by atoms with van der Waals surface area (Å²) in [6.07, 6.45) is 3.12. The Kier molecular flexibility index (Phi) is 7.89. The molecule has 0 radical (unpaired) electrons. The summed E-state index contributed by atoms with van der Waals surface area (Å²) in [5.74, 6) is 0.330. The Hall–Kier alpha value is -1.83. The van der Waals surface area contributed by atoms with Gasteiger partial charge in [-0.1, -0.05) is 43.3 Å². The van der Waals surface area contributed by atoms with Crippen LogP contribution in [-0.4, -0.2) is 32.4 Å². The first-order valence-corrected chi connectivity index (χ1v) is 11.7. The Labute approximate surface area is 166 Å². The van der Waals surface area contributed by atoms with Gasteiger partial charge < -0.3 is 5.32 Å². The maximum Gasteiger partial charge on any atom is 0.242 e. The lowest BCUT2D eigenvalue weighted by atomic mass is 10.1. The van der Waals surface area contributed by atoms with Gasteiger partial charge in [0.25, 0.3) is 0 Å². The third-order valence-electron chi connectivity index (χ3n) is 4.27. The first-order chi connectivity index (χ1) is 12.9. The van der Waals surface area contributed by atoms with Crippen molar-refractivity contribution in [3.05, 3.63) is 59.7 Å². The van der Waals surface area contributed by atoms with Crippen LogP contribution < -0.4 is 10.0 Å². The van der Waals surface area contributed by atoms with Crippen molar-refractivity contribution in [1.29, 1.82) is 0 Å². The lowest BCUT2D eigenvalue weighted by Gasteiger charge is -2.20. The molecule has 2 rings (SSSR count). The van der Waals surface area contributed by atoms with Crippen molar-refractivity contribution in [2.24, 2.45) is 0 Å². The quantitative estimate of drug-likeness (QED) is 0.667. The Morgan fingerprint density at radius 2 is 1.81 bits per heavy atom. The topological polar surface area (TPSA) is 75.3 Å². The van der Waals surface area contributed by atoms with Crippen molar-refractivity contribution in [2.45, 2.75) is 37.6 Å². The number of aryl methyl sites for hydroxylation is 2. The number of carbonyl (C=O) groups excluding carboxylic acids is 1. The molecule has 7 heteroatoms. The number of thioether (sulfide) groups is 1. The molecular formula is C20H26N2O3S2. The third kappa shape index (κ3) is 5.82. The van der Waals surface area contributed by atoms with E-state index in [1.54, 1.807) is 30.0 Å². The normalized spacial score (nSPS) is 12.6. The molecule has 0 bridgehead atoms. The number of nitrogens with one attached hydrogen (secondary N) is 2. The van der Waals surface area contributed by atoms with Gasteiger partial charge in [0.05, 0.1) is 4.90 Å². The Morgan fingerprint density at radius 1 is 1.11 bits per heavy atom. The highest BCUT2D eigenvalue weighted by molar-refractivity contribution is 7.98. The fraction of sp³-hybridized carbons (Fsp3) is 0.350. The lowest BCUT2D eigenvalue weighted by Crippen LogP contribution is -2.44. The molecule has 1 amide bonds. The summed E-state index contributed by atoms with van der Waals surface area (Å²) in [5, 5.41) is 2.94. The zero-order valence-corrected chi connectivity index (χ0v) is 17.5. The van der Waals surface area contributed by atoms with Crippen LogP contribution in [0.2, 0.25) is 0 Å². The molecular weight excluding hydrogens is 380 g/mol. The molecule has 0 aromatic heterocycles. The number of rotatable bonds is 9. The number of hydrogen-bond donors (Lipinski definition) is 2. The molecule has 0 saturated heterocycles. The first-order valence-electron chi connectivity index (χ1n) is 8.84. The molecule has 1 atom stereocenters. The smallest absolute Gasteiger partial charge is 0.242 e. The van der Waals surface area contributed by atoms with E-state index >= 15 is 0 Å². The maximum atomic E-state index is 12.9. The molecule has 0 aliphatic heterocycles. The minimum Gasteiger partial charge on any atom is -0.324 e. The summed E-state index contributed by atoms with van der Waals surface area (Å²) in [6, 6.07) is 13.1. The molecule has 0 aliphatic carbocycles. The number of hydrogen-bond acceptors (Lipinski definition) is 4. The predicted octanol–water partition coefficient (Wildman–Crippen LogP) is 3.60. The molecule has 2 aromatic carbocycles. The number of carbonyl (C=O) groups is 1. The second kappa shape index (κ2) is 9.92. The Balaban J connectivity index is 2.24. The molecule has 0 heterocycles. The number of para-hydroxylation sites is 1. The van der Waals surface area contributed by atoms with Crippen LogP contribution in [0.1, 0.15) is 24.5 Å². The zero-order valence-electron chi connectivity index (χ0n) is 15.9. The summed E-state index contributed by atoms with van der Waals surface area (Å²) < 4.78 is 27.9. The lowest BCUT2D eigenvalue weighted by molar-refractivity contribution is -0.117. The number of benzene rings is 2. The van der Waals surface area contributed by atoms with Gasteiger partial charge in [0.15, 0.2) is 0 Å². The molecule has 27 heavy (non-hydrogen) atoms. The van der Waals surface area contributed by atoms with E-state index in [2.05, 4.69) is 10.0 Å². The standard InChI is InChI=1S/C20H26N2O3S2/c1-4-16-10-8-9-15(2)19(16)21-20(23)18(13-14-26-3)22-27(24,25)17-11-6-5-7-12-17/h5-12,18,22H,4,13-14H2,1-3H3,(H,21,23)/t18-/m0/s1. The fourth-order valence-corrected chi connectivity index (χ4v) is 4.47. The number of sulfonamides is 1. The minimum absolute atomic E-state index is 0.150. The van der Waals surface area contributed by atoms with Gasteiger partial charge in [-0.15, -0.1) is 0 Å². The molecule has 0 saturated carbocycles. The SMILES string of the molecule is CCc1cccc(C)c1NC(=O)[C@H](CCSC)NS(=O)(=O)c1ccccc1. The van der Waals surface area contributed by atoms with Gasteiger partial charge in [-0.25, -0.2) is 8.42 Å². The van der Waals surface area contributed by atoms with Crippen LogP contribution in [0.3, 0.4) is 0 Å². The van der Waals surface area contributed by atoms with E-state index < -0.39 is 16.1 Å². The summed E-state index contributed by atoms with van der Waals surface area (Å²) in [7, 11) is -3.77. The zero-order chi connectivity index (χ0) is 19.9.